The van der Waals surface area contributed by atoms with Gasteiger partial charge in [-0.1, -0.05) is 48.0 Å². The van der Waals surface area contributed by atoms with Crippen molar-refractivity contribution in [1.82, 2.24) is 14.7 Å². The number of fused-ring (bicyclic) bond motifs is 1. The summed E-state index contributed by atoms with van der Waals surface area (Å²) in [5, 5.41) is 14.5. The second-order valence-electron chi connectivity index (χ2n) is 7.11. The molecular weight excluding hydrogens is 374 g/mol. The highest BCUT2D eigenvalue weighted by molar-refractivity contribution is 6.32. The van der Waals surface area contributed by atoms with Gasteiger partial charge < -0.3 is 10.0 Å². The molecule has 0 spiro atoms. The summed E-state index contributed by atoms with van der Waals surface area (Å²) in [6.45, 7) is 1.33. The van der Waals surface area contributed by atoms with E-state index in [1.807, 2.05) is 34.8 Å². The fourth-order valence-corrected chi connectivity index (χ4v) is 4.04. The van der Waals surface area contributed by atoms with Crippen molar-refractivity contribution in [2.24, 2.45) is 7.05 Å². The summed E-state index contributed by atoms with van der Waals surface area (Å²) in [4.78, 5) is 14.7. The quantitative estimate of drug-likeness (QED) is 0.736. The Kier molecular flexibility index (Phi) is 5.09. The molecule has 2 heterocycles. The number of benzene rings is 2. The predicted molar refractivity (Wildman–Crippen MR) is 109 cm³/mol. The third-order valence-electron chi connectivity index (χ3n) is 5.25. The smallest absolute Gasteiger partial charge is 0.227 e. The monoisotopic (exact) mass is 395 g/mol. The number of rotatable bonds is 3. The highest BCUT2D eigenvalue weighted by Gasteiger charge is 2.24. The number of phenols is 1. The average molecular weight is 396 g/mol. The van der Waals surface area contributed by atoms with Crippen molar-refractivity contribution < 1.29 is 9.90 Å². The van der Waals surface area contributed by atoms with E-state index >= 15 is 0 Å². The first-order chi connectivity index (χ1) is 13.5. The molecule has 0 aliphatic carbocycles. The Hall–Kier alpha value is -2.79. The highest BCUT2D eigenvalue weighted by atomic mass is 35.5. The van der Waals surface area contributed by atoms with Gasteiger partial charge in [0.25, 0.3) is 0 Å². The summed E-state index contributed by atoms with van der Waals surface area (Å²) in [7, 11) is 1.98. The summed E-state index contributed by atoms with van der Waals surface area (Å²) in [5.74, 6) is 0.0977. The number of aromatic hydroxyl groups is 1. The molecular formula is C22H22ClN3O2. The summed E-state index contributed by atoms with van der Waals surface area (Å²) < 4.78 is 1.95. The molecule has 2 aromatic carbocycles. The van der Waals surface area contributed by atoms with Gasteiger partial charge in [-0.3, -0.25) is 9.48 Å². The average Bonchev–Trinajstić information content (AvgIpc) is 2.86. The number of hydrogen-bond donors (Lipinski definition) is 1. The fraction of sp³-hybridized carbons (Fsp3) is 0.273. The molecule has 6 heteroatoms. The zero-order valence-corrected chi connectivity index (χ0v) is 16.5. The van der Waals surface area contributed by atoms with Crippen LogP contribution in [0.4, 0.5) is 0 Å². The van der Waals surface area contributed by atoms with Crippen molar-refractivity contribution in [3.05, 3.63) is 70.4 Å². The minimum Gasteiger partial charge on any atom is -0.506 e. The van der Waals surface area contributed by atoms with Crippen molar-refractivity contribution in [2.75, 3.05) is 13.1 Å². The van der Waals surface area contributed by atoms with Gasteiger partial charge in [0.05, 0.1) is 22.8 Å². The van der Waals surface area contributed by atoms with Gasteiger partial charge in [0, 0.05) is 37.7 Å². The van der Waals surface area contributed by atoms with Gasteiger partial charge in [-0.25, -0.2) is 0 Å². The van der Waals surface area contributed by atoms with E-state index in [1.54, 1.807) is 12.1 Å². The van der Waals surface area contributed by atoms with Gasteiger partial charge >= 0.3 is 0 Å². The maximum atomic E-state index is 12.8. The van der Waals surface area contributed by atoms with E-state index in [0.29, 0.717) is 13.1 Å². The Labute approximate surface area is 169 Å². The molecule has 3 aromatic rings. The van der Waals surface area contributed by atoms with E-state index in [2.05, 4.69) is 12.1 Å². The molecule has 0 unspecified atom stereocenters. The summed E-state index contributed by atoms with van der Waals surface area (Å²) in [6, 6.07) is 15.2. The summed E-state index contributed by atoms with van der Waals surface area (Å²) >= 11 is 5.96. The van der Waals surface area contributed by atoms with Gasteiger partial charge in [-0.15, -0.1) is 0 Å². The number of aryl methyl sites for hydroxylation is 1. The largest absolute Gasteiger partial charge is 0.506 e. The number of halogens is 1. The van der Waals surface area contributed by atoms with Crippen LogP contribution in [0.1, 0.15) is 16.8 Å². The van der Waals surface area contributed by atoms with Gasteiger partial charge in [-0.05, 0) is 24.1 Å². The van der Waals surface area contributed by atoms with Crippen molar-refractivity contribution in [3.8, 4) is 17.0 Å². The van der Waals surface area contributed by atoms with Crippen LogP contribution in [0.5, 0.6) is 5.75 Å². The second-order valence-corrected chi connectivity index (χ2v) is 7.51. The van der Waals surface area contributed by atoms with Crippen LogP contribution in [0.15, 0.2) is 48.5 Å². The molecule has 0 radical (unpaired) electrons. The van der Waals surface area contributed by atoms with Crippen LogP contribution in [0.2, 0.25) is 5.02 Å². The van der Waals surface area contributed by atoms with E-state index in [4.69, 9.17) is 16.7 Å². The lowest BCUT2D eigenvalue weighted by atomic mass is 10.0. The Morgan fingerprint density at radius 3 is 2.64 bits per heavy atom. The molecule has 1 N–H and O–H groups in total. The minimum atomic E-state index is 0.0305. The van der Waals surface area contributed by atoms with Crippen LogP contribution < -0.4 is 0 Å². The SMILES string of the molecule is Cn1nc2c(c1-c1ccccc1)CCN(C(=O)Cc1ccc(O)c(Cl)c1)CC2. The van der Waals surface area contributed by atoms with Crippen LogP contribution in [0.3, 0.4) is 0 Å². The molecule has 0 saturated heterocycles. The van der Waals surface area contributed by atoms with E-state index in [9.17, 15) is 9.90 Å². The molecule has 0 bridgehead atoms. The number of aromatic nitrogens is 2. The molecule has 0 atom stereocenters. The molecule has 1 aliphatic heterocycles. The van der Waals surface area contributed by atoms with Crippen molar-refractivity contribution in [1.29, 1.82) is 0 Å². The van der Waals surface area contributed by atoms with Crippen LogP contribution in [0, 0.1) is 0 Å². The van der Waals surface area contributed by atoms with E-state index in [0.717, 1.165) is 35.4 Å². The van der Waals surface area contributed by atoms with E-state index < -0.39 is 0 Å². The molecule has 5 nitrogen and oxygen atoms in total. The zero-order chi connectivity index (χ0) is 19.7. The molecule has 0 saturated carbocycles. The summed E-state index contributed by atoms with van der Waals surface area (Å²) in [6.07, 6.45) is 1.81. The fourth-order valence-electron chi connectivity index (χ4n) is 3.84. The number of nitrogens with zero attached hydrogens (tertiary/aromatic N) is 3. The van der Waals surface area contributed by atoms with Crippen LogP contribution in [-0.4, -0.2) is 38.8 Å². The maximum Gasteiger partial charge on any atom is 0.227 e. The number of phenolic OH excluding ortho intramolecular Hbond substituents is 1. The first-order valence-corrected chi connectivity index (χ1v) is 9.76. The maximum absolute atomic E-state index is 12.8. The molecule has 4 rings (SSSR count). The topological polar surface area (TPSA) is 58.4 Å². The molecule has 1 aliphatic rings. The van der Waals surface area contributed by atoms with Crippen molar-refractivity contribution >= 4 is 17.5 Å². The Balaban J connectivity index is 1.51. The normalized spacial score (nSPS) is 13.9. The van der Waals surface area contributed by atoms with Crippen LogP contribution in [0.25, 0.3) is 11.3 Å². The van der Waals surface area contributed by atoms with Gasteiger partial charge in [0.1, 0.15) is 5.75 Å². The number of carbonyl (C=O) groups is 1. The first kappa shape index (κ1) is 18.6. The molecule has 0 fully saturated rings. The molecule has 1 aromatic heterocycles. The first-order valence-electron chi connectivity index (χ1n) is 9.38. The second kappa shape index (κ2) is 7.68. The Bertz CT molecular complexity index is 1010. The van der Waals surface area contributed by atoms with Gasteiger partial charge in [-0.2, -0.15) is 5.10 Å². The molecule has 28 heavy (non-hydrogen) atoms. The standard InChI is InChI=1S/C22H22ClN3O2/c1-25-22(16-5-3-2-4-6-16)17-9-11-26(12-10-19(17)24-25)21(28)14-15-7-8-20(27)18(23)13-15/h2-8,13,27H,9-12,14H2,1H3. The predicted octanol–water partition coefficient (Wildman–Crippen LogP) is 3.62. The summed E-state index contributed by atoms with van der Waals surface area (Å²) in [5.41, 5.74) is 5.40. The van der Waals surface area contributed by atoms with Crippen LogP contribution >= 0.6 is 11.6 Å². The number of carbonyl (C=O) groups excluding carboxylic acids is 1. The lowest BCUT2D eigenvalue weighted by molar-refractivity contribution is -0.130. The molecule has 1 amide bonds. The highest BCUT2D eigenvalue weighted by Crippen LogP contribution is 2.29. The zero-order valence-electron chi connectivity index (χ0n) is 15.7. The van der Waals surface area contributed by atoms with Crippen molar-refractivity contribution in [3.63, 3.8) is 0 Å². The number of hydrogen-bond acceptors (Lipinski definition) is 3. The number of amides is 1. The minimum absolute atomic E-state index is 0.0305. The third-order valence-corrected chi connectivity index (χ3v) is 5.55. The Morgan fingerprint density at radius 1 is 1.14 bits per heavy atom. The van der Waals surface area contributed by atoms with E-state index in [1.165, 1.54) is 11.6 Å². The third kappa shape index (κ3) is 3.62. The van der Waals surface area contributed by atoms with Crippen molar-refractivity contribution in [2.45, 2.75) is 19.3 Å². The van der Waals surface area contributed by atoms with E-state index in [-0.39, 0.29) is 23.1 Å². The Morgan fingerprint density at radius 2 is 1.89 bits per heavy atom. The van der Waals surface area contributed by atoms with Gasteiger partial charge in [0.2, 0.25) is 5.91 Å². The lowest BCUT2D eigenvalue weighted by Gasteiger charge is -2.20. The molecule has 144 valence electrons. The van der Waals surface area contributed by atoms with Crippen LogP contribution in [-0.2, 0) is 31.1 Å². The lowest BCUT2D eigenvalue weighted by Crippen LogP contribution is -2.34. The van der Waals surface area contributed by atoms with Gasteiger partial charge in [0.15, 0.2) is 0 Å².